The number of aliphatic hydroxyl groups is 1. The third-order valence-electron chi connectivity index (χ3n) is 3.56. The van der Waals surface area contributed by atoms with E-state index in [-0.39, 0.29) is 6.61 Å². The van der Waals surface area contributed by atoms with E-state index < -0.39 is 0 Å². The van der Waals surface area contributed by atoms with Gasteiger partial charge in [-0.1, -0.05) is 12.1 Å². The second-order valence-corrected chi connectivity index (χ2v) is 4.86. The summed E-state index contributed by atoms with van der Waals surface area (Å²) in [4.78, 5) is 4.45. The molecule has 0 unspecified atom stereocenters. The minimum atomic E-state index is 0.0727. The lowest BCUT2D eigenvalue weighted by Crippen LogP contribution is -1.93. The molecule has 0 saturated heterocycles. The van der Waals surface area contributed by atoms with Gasteiger partial charge in [0, 0.05) is 5.69 Å². The Hall–Kier alpha value is -2.13. The predicted molar refractivity (Wildman–Crippen MR) is 76.5 cm³/mol. The third kappa shape index (κ3) is 2.02. The van der Waals surface area contributed by atoms with Crippen LogP contribution in [0.15, 0.2) is 42.7 Å². The van der Waals surface area contributed by atoms with Gasteiger partial charge in [0.05, 0.1) is 17.6 Å². The molecule has 3 nitrogen and oxygen atoms in total. The average Bonchev–Trinajstić information content (AvgIpc) is 2.82. The maximum atomic E-state index is 9.08. The van der Waals surface area contributed by atoms with Gasteiger partial charge in [0.1, 0.15) is 6.33 Å². The summed E-state index contributed by atoms with van der Waals surface area (Å²) in [6.45, 7) is 4.29. The Kier molecular flexibility index (Phi) is 2.84. The molecule has 1 heterocycles. The highest BCUT2D eigenvalue weighted by Gasteiger charge is 2.06. The van der Waals surface area contributed by atoms with Crippen molar-refractivity contribution in [1.82, 2.24) is 9.55 Å². The average molecular weight is 252 g/mol. The molecule has 0 bridgehead atoms. The third-order valence-corrected chi connectivity index (χ3v) is 3.56. The Morgan fingerprint density at radius 3 is 2.42 bits per heavy atom. The molecule has 3 heteroatoms. The highest BCUT2D eigenvalue weighted by atomic mass is 16.3. The number of nitrogens with zero attached hydrogens (tertiary/aromatic N) is 2. The molecule has 0 fully saturated rings. The molecule has 0 radical (unpaired) electrons. The molecule has 96 valence electrons. The number of rotatable bonds is 2. The van der Waals surface area contributed by atoms with Crippen LogP contribution in [0.2, 0.25) is 0 Å². The van der Waals surface area contributed by atoms with Gasteiger partial charge in [-0.3, -0.25) is 4.57 Å². The van der Waals surface area contributed by atoms with E-state index in [1.807, 2.05) is 30.6 Å². The maximum Gasteiger partial charge on any atom is 0.100 e. The largest absolute Gasteiger partial charge is 0.392 e. The van der Waals surface area contributed by atoms with Gasteiger partial charge < -0.3 is 5.11 Å². The second-order valence-electron chi connectivity index (χ2n) is 4.86. The first-order valence-corrected chi connectivity index (χ1v) is 6.33. The second kappa shape index (κ2) is 4.52. The van der Waals surface area contributed by atoms with E-state index in [1.165, 1.54) is 11.1 Å². The van der Waals surface area contributed by atoms with Gasteiger partial charge >= 0.3 is 0 Å². The number of hydrogen-bond donors (Lipinski definition) is 1. The van der Waals surface area contributed by atoms with Gasteiger partial charge in [0.2, 0.25) is 0 Å². The van der Waals surface area contributed by atoms with E-state index in [4.69, 9.17) is 5.11 Å². The van der Waals surface area contributed by atoms with Crippen LogP contribution in [-0.2, 0) is 6.61 Å². The van der Waals surface area contributed by atoms with Crippen molar-refractivity contribution in [3.63, 3.8) is 0 Å². The number of fused-ring (bicyclic) bond motifs is 1. The Bertz CT molecular complexity index is 726. The van der Waals surface area contributed by atoms with Crippen LogP contribution in [0.4, 0.5) is 0 Å². The fraction of sp³-hybridized carbons (Fsp3) is 0.188. The first-order chi connectivity index (χ1) is 9.19. The highest BCUT2D eigenvalue weighted by molar-refractivity contribution is 5.79. The number of aryl methyl sites for hydroxylation is 2. The summed E-state index contributed by atoms with van der Waals surface area (Å²) in [5.41, 5.74) is 6.62. The van der Waals surface area contributed by atoms with E-state index in [9.17, 15) is 0 Å². The highest BCUT2D eigenvalue weighted by Crippen LogP contribution is 2.22. The van der Waals surface area contributed by atoms with Crippen LogP contribution in [0.1, 0.15) is 16.7 Å². The van der Waals surface area contributed by atoms with E-state index in [1.54, 1.807) is 0 Å². The topological polar surface area (TPSA) is 38.0 Å². The van der Waals surface area contributed by atoms with Crippen molar-refractivity contribution in [1.29, 1.82) is 0 Å². The van der Waals surface area contributed by atoms with Gasteiger partial charge in [-0.25, -0.2) is 4.98 Å². The summed E-state index contributed by atoms with van der Waals surface area (Å²) in [7, 11) is 0. The van der Waals surface area contributed by atoms with Crippen molar-refractivity contribution < 1.29 is 5.11 Å². The van der Waals surface area contributed by atoms with Crippen LogP contribution in [0.5, 0.6) is 0 Å². The molecule has 0 spiro atoms. The van der Waals surface area contributed by atoms with E-state index in [0.29, 0.717) is 0 Å². The van der Waals surface area contributed by atoms with E-state index >= 15 is 0 Å². The quantitative estimate of drug-likeness (QED) is 0.761. The summed E-state index contributed by atoms with van der Waals surface area (Å²) < 4.78 is 2.07. The number of hydrogen-bond acceptors (Lipinski definition) is 2. The molecule has 0 aliphatic carbocycles. The van der Waals surface area contributed by atoms with E-state index in [0.717, 1.165) is 22.3 Å². The fourth-order valence-corrected chi connectivity index (χ4v) is 2.23. The normalized spacial score (nSPS) is 11.1. The fourth-order valence-electron chi connectivity index (χ4n) is 2.23. The molecule has 1 N–H and O–H groups in total. The molecule has 2 aromatic carbocycles. The molecule has 3 rings (SSSR count). The molecule has 3 aromatic rings. The molecular weight excluding hydrogens is 236 g/mol. The lowest BCUT2D eigenvalue weighted by molar-refractivity contribution is 0.282. The van der Waals surface area contributed by atoms with Gasteiger partial charge in [0.25, 0.3) is 0 Å². The summed E-state index contributed by atoms with van der Waals surface area (Å²) >= 11 is 0. The zero-order chi connectivity index (χ0) is 13.4. The first kappa shape index (κ1) is 11.9. The van der Waals surface area contributed by atoms with Crippen LogP contribution in [0.3, 0.4) is 0 Å². The summed E-state index contributed by atoms with van der Waals surface area (Å²) in [6, 6.07) is 12.1. The van der Waals surface area contributed by atoms with Crippen molar-refractivity contribution in [2.75, 3.05) is 0 Å². The van der Waals surface area contributed by atoms with Crippen LogP contribution >= 0.6 is 0 Å². The van der Waals surface area contributed by atoms with Crippen LogP contribution in [0.25, 0.3) is 16.7 Å². The minimum Gasteiger partial charge on any atom is -0.392 e. The van der Waals surface area contributed by atoms with Gasteiger partial charge in [-0.2, -0.15) is 0 Å². The standard InChI is InChI=1S/C16H16N2O/c1-11-7-15-16(8-12(11)2)18(10-17-15)14-5-3-13(9-19)4-6-14/h3-8,10,19H,9H2,1-2H3. The summed E-state index contributed by atoms with van der Waals surface area (Å²) in [5, 5.41) is 9.08. The van der Waals surface area contributed by atoms with Crippen LogP contribution in [0, 0.1) is 13.8 Å². The molecule has 0 amide bonds. The molecule has 0 aliphatic rings. The van der Waals surface area contributed by atoms with E-state index in [2.05, 4.69) is 35.5 Å². The molecule has 19 heavy (non-hydrogen) atoms. The van der Waals surface area contributed by atoms with Crippen molar-refractivity contribution >= 4 is 11.0 Å². The molecule has 0 atom stereocenters. The number of aromatic nitrogens is 2. The van der Waals surface area contributed by atoms with Crippen molar-refractivity contribution in [2.24, 2.45) is 0 Å². The SMILES string of the molecule is Cc1cc2ncn(-c3ccc(CO)cc3)c2cc1C. The van der Waals surface area contributed by atoms with Crippen molar-refractivity contribution in [2.45, 2.75) is 20.5 Å². The summed E-state index contributed by atoms with van der Waals surface area (Å²) in [5.74, 6) is 0. The lowest BCUT2D eigenvalue weighted by Gasteiger charge is -2.06. The number of benzene rings is 2. The monoisotopic (exact) mass is 252 g/mol. The smallest absolute Gasteiger partial charge is 0.100 e. The van der Waals surface area contributed by atoms with Gasteiger partial charge in [-0.15, -0.1) is 0 Å². The zero-order valence-corrected chi connectivity index (χ0v) is 11.1. The maximum absolute atomic E-state index is 9.08. The van der Waals surface area contributed by atoms with Gasteiger partial charge in [0.15, 0.2) is 0 Å². The lowest BCUT2D eigenvalue weighted by atomic mass is 10.1. The van der Waals surface area contributed by atoms with Gasteiger partial charge in [-0.05, 0) is 54.8 Å². The van der Waals surface area contributed by atoms with Crippen LogP contribution in [-0.4, -0.2) is 14.7 Å². The Labute approximate surface area is 112 Å². The minimum absolute atomic E-state index is 0.0727. The first-order valence-electron chi connectivity index (χ1n) is 6.33. The Morgan fingerprint density at radius 1 is 1.05 bits per heavy atom. The van der Waals surface area contributed by atoms with Crippen molar-refractivity contribution in [3.05, 3.63) is 59.4 Å². The van der Waals surface area contributed by atoms with Crippen molar-refractivity contribution in [3.8, 4) is 5.69 Å². The Morgan fingerprint density at radius 2 is 1.74 bits per heavy atom. The molecule has 1 aromatic heterocycles. The molecule has 0 aliphatic heterocycles. The summed E-state index contributed by atoms with van der Waals surface area (Å²) in [6.07, 6.45) is 1.84. The molecule has 0 saturated carbocycles. The zero-order valence-electron chi connectivity index (χ0n) is 11.1. The number of imidazole rings is 1. The Balaban J connectivity index is 2.16. The predicted octanol–water partition coefficient (Wildman–Crippen LogP) is 3.13. The number of aliphatic hydroxyl groups excluding tert-OH is 1. The molecular formula is C16H16N2O. The van der Waals surface area contributed by atoms with Crippen LogP contribution < -0.4 is 0 Å².